The molecule has 4 aromatic heterocycles. The number of aryl methyl sites for hydroxylation is 1. The van der Waals surface area contributed by atoms with Crippen LogP contribution >= 0.6 is 69.6 Å². The first kappa shape index (κ1) is 81.1. The van der Waals surface area contributed by atoms with Gasteiger partial charge in [0.15, 0.2) is 0 Å². The topological polar surface area (TPSA) is 203 Å². The first-order chi connectivity index (χ1) is 49.7. The maximum Gasteiger partial charge on any atom is 0.419 e. The van der Waals surface area contributed by atoms with E-state index in [1.165, 1.54) is 40.5 Å². The summed E-state index contributed by atoms with van der Waals surface area (Å²) < 4.78 is 91.7. The molecule has 10 N–H and O–H groups in total. The number of para-hydroxylation sites is 1. The van der Waals surface area contributed by atoms with Gasteiger partial charge < -0.3 is 72.1 Å². The van der Waals surface area contributed by atoms with E-state index in [4.69, 9.17) is 81.1 Å². The summed E-state index contributed by atoms with van der Waals surface area (Å²) in [5.74, 6) is 0.976. The molecule has 6 aliphatic heterocycles. The zero-order chi connectivity index (χ0) is 74.7. The number of aromatic nitrogens is 5. The van der Waals surface area contributed by atoms with Gasteiger partial charge in [0.25, 0.3) is 0 Å². The number of piperazine rings is 4. The van der Waals surface area contributed by atoms with Crippen LogP contribution in [0, 0.1) is 5.82 Å². The van der Waals surface area contributed by atoms with Crippen LogP contribution in [-0.2, 0) is 50.0 Å². The van der Waals surface area contributed by atoms with Crippen molar-refractivity contribution in [2.45, 2.75) is 70.1 Å². The number of nitrogens with two attached hydrogens (primary N) is 2. The first-order valence-electron chi connectivity index (χ1n) is 34.2. The Morgan fingerprint density at radius 3 is 1.88 bits per heavy atom. The Labute approximate surface area is 631 Å². The average Bonchev–Trinajstić information content (AvgIpc) is 1.15. The molecule has 18 nitrogen and oxygen atoms in total. The maximum atomic E-state index is 13.2. The maximum absolute atomic E-state index is 13.2. The highest BCUT2D eigenvalue weighted by molar-refractivity contribution is 6.42. The van der Waals surface area contributed by atoms with Crippen LogP contribution in [0.5, 0.6) is 0 Å². The number of alkyl halides is 6. The van der Waals surface area contributed by atoms with Crippen molar-refractivity contribution in [1.29, 1.82) is 0 Å². The Morgan fingerprint density at radius 2 is 1.23 bits per heavy atom. The number of hydrogen-bond acceptors (Lipinski definition) is 15. The second-order valence-corrected chi connectivity index (χ2v) is 27.9. The minimum Gasteiger partial charge on any atom is -0.369 e. The predicted octanol–water partition coefficient (Wildman–Crippen LogP) is 13.4. The molecule has 10 heterocycles. The van der Waals surface area contributed by atoms with Crippen molar-refractivity contribution in [3.05, 3.63) is 198 Å². The average molecular weight is 1560 g/mol. The molecule has 0 spiro atoms. The van der Waals surface area contributed by atoms with E-state index in [1.54, 1.807) is 43.1 Å². The molecule has 5 aromatic carbocycles. The van der Waals surface area contributed by atoms with Crippen molar-refractivity contribution >= 4 is 126 Å². The molecule has 4 fully saturated rings. The second-order valence-electron chi connectivity index (χ2n) is 25.5. The fourth-order valence-electron chi connectivity index (χ4n) is 12.6. The van der Waals surface area contributed by atoms with Gasteiger partial charge in [0.2, 0.25) is 5.91 Å². The van der Waals surface area contributed by atoms with Crippen LogP contribution in [0.1, 0.15) is 41.8 Å². The number of nitrogens with zero attached hydrogens (tertiary/aromatic N) is 9. The summed E-state index contributed by atoms with van der Waals surface area (Å²) in [6.45, 7) is 20.1. The monoisotopic (exact) mass is 1560 g/mol. The molecule has 15 rings (SSSR count). The number of pyridine rings is 1. The molecule has 0 bridgehead atoms. The van der Waals surface area contributed by atoms with Gasteiger partial charge in [-0.1, -0.05) is 112 Å². The third kappa shape index (κ3) is 23.0. The number of carbonyl (C=O) groups excluding carboxylic acids is 1. The van der Waals surface area contributed by atoms with E-state index >= 15 is 0 Å². The molecule has 1 amide bonds. The highest BCUT2D eigenvalue weighted by atomic mass is 35.5. The summed E-state index contributed by atoms with van der Waals surface area (Å²) in [7, 11) is 2.19. The van der Waals surface area contributed by atoms with Gasteiger partial charge in [-0.05, 0) is 117 Å². The Kier molecular flexibility index (Phi) is 30.1. The lowest BCUT2D eigenvalue weighted by atomic mass is 10.0. The van der Waals surface area contributed by atoms with Crippen molar-refractivity contribution < 1.29 is 35.5 Å². The third-order valence-corrected chi connectivity index (χ3v) is 19.3. The van der Waals surface area contributed by atoms with Crippen LogP contribution in [0.3, 0.4) is 0 Å². The van der Waals surface area contributed by atoms with Crippen molar-refractivity contribution in [1.82, 2.24) is 50.7 Å². The van der Waals surface area contributed by atoms with Gasteiger partial charge in [0, 0.05) is 181 Å². The summed E-state index contributed by atoms with van der Waals surface area (Å²) in [5.41, 5.74) is 18.6. The molecule has 104 heavy (non-hydrogen) atoms. The number of hydrogen-bond donors (Lipinski definition) is 8. The number of nitrogens with one attached hydrogen (secondary N) is 6. The third-order valence-electron chi connectivity index (χ3n) is 17.6. The lowest BCUT2D eigenvalue weighted by molar-refractivity contribution is -0.138. The van der Waals surface area contributed by atoms with Crippen molar-refractivity contribution in [2.24, 2.45) is 18.5 Å². The molecule has 9 aromatic rings. The van der Waals surface area contributed by atoms with Gasteiger partial charge in [-0.15, -0.1) is 0 Å². The number of benzene rings is 5. The number of anilines is 5. The molecule has 0 radical (unpaired) electrons. The van der Waals surface area contributed by atoms with Gasteiger partial charge in [0.05, 0.1) is 50.0 Å². The smallest absolute Gasteiger partial charge is 0.369 e. The van der Waals surface area contributed by atoms with E-state index in [-0.39, 0.29) is 34.9 Å². The number of halogens is 13. The lowest BCUT2D eigenvalue weighted by Crippen LogP contribution is -2.58. The van der Waals surface area contributed by atoms with Crippen LogP contribution in [0.4, 0.5) is 59.4 Å². The van der Waals surface area contributed by atoms with E-state index in [9.17, 15) is 35.5 Å². The standard InChI is InChI=1S/C13H16N2.C11H11Cl2N3O.C11H12ClFN2.C10H11ClF3N3.C10H13ClN2.C10H12F3N.C8H11ClN4/c1-15-12-5-3-2-4-10(12)11-6-8-14-9-7-13(11)15;12-6-3-8-9(4-7(6)13)16-2-1-14-5-10(16)11(17)15-8;1-7(14)6-15-3-2-8-4-10(13)9(12)5-11(8)15;11-9-7(10(12,13)14)1-2-8(16-9)17-5-3-15-4-6-17;11-9-2-1-3-10(8-9)13-6-4-12-5-7-13;1-7(14)5-8-3-2-4-9(6-8)10(11,12)13;9-7-5-11-6-8(12-7)13-3-1-10-2-4-13/h2-5,14H,6-9H2,1H3;3-4,10,14H,1-2,5H2,(H,15,17);2-5,7H,6,14H2,1H3;1-2,15H,3-6H2;1-3,8,12H,4-7H2;2-4,6-7H,5,14H2,1H3;5-6,10H,1-4H2/t;;7-;;;7-;/m..0..0./s1. The Morgan fingerprint density at radius 1 is 0.596 bits per heavy atom. The van der Waals surface area contributed by atoms with Crippen molar-refractivity contribution in [3.63, 3.8) is 0 Å². The van der Waals surface area contributed by atoms with Crippen LogP contribution in [0.15, 0.2) is 134 Å². The van der Waals surface area contributed by atoms with Crippen molar-refractivity contribution in [2.75, 3.05) is 136 Å². The number of fused-ring (bicyclic) bond motifs is 7. The molecular weight excluding hydrogens is 1480 g/mol. The number of carbonyl (C=O) groups is 1. The van der Waals surface area contributed by atoms with E-state index in [0.717, 1.165) is 156 Å². The van der Waals surface area contributed by atoms with Gasteiger partial charge >= 0.3 is 12.4 Å². The summed E-state index contributed by atoms with van der Waals surface area (Å²) in [5, 5.41) is 23.5. The largest absolute Gasteiger partial charge is 0.419 e. The Bertz CT molecular complexity index is 4200. The highest BCUT2D eigenvalue weighted by Crippen LogP contribution is 2.40. The molecule has 3 atom stereocenters. The summed E-state index contributed by atoms with van der Waals surface area (Å²) in [6, 6.07) is 32.6. The summed E-state index contributed by atoms with van der Waals surface area (Å²) in [4.78, 5) is 32.4. The fourth-order valence-corrected chi connectivity index (χ4v) is 13.6. The zero-order valence-electron chi connectivity index (χ0n) is 57.8. The molecule has 560 valence electrons. The molecule has 1 unspecified atom stereocenters. The normalized spacial score (nSPS) is 17.1. The second kappa shape index (κ2) is 38.5. The zero-order valence-corrected chi connectivity index (χ0v) is 62.3. The fraction of sp³-hybridized carbons (Fsp3) is 0.397. The first-order valence-corrected chi connectivity index (χ1v) is 36.5. The number of amides is 1. The molecule has 6 aliphatic rings. The minimum absolute atomic E-state index is 0.00286. The summed E-state index contributed by atoms with van der Waals surface area (Å²) >= 11 is 34.9. The van der Waals surface area contributed by atoms with Crippen LogP contribution < -0.4 is 63.0 Å². The highest BCUT2D eigenvalue weighted by Gasteiger charge is 2.36. The van der Waals surface area contributed by atoms with Crippen LogP contribution in [-0.4, -0.2) is 159 Å². The quantitative estimate of drug-likeness (QED) is 0.0553. The molecule has 0 aliphatic carbocycles. The van der Waals surface area contributed by atoms with E-state index < -0.39 is 28.6 Å². The Hall–Kier alpha value is -6.95. The molecule has 0 saturated carbocycles. The van der Waals surface area contributed by atoms with Gasteiger partial charge in [-0.3, -0.25) is 9.78 Å². The molecule has 31 heteroatoms. The van der Waals surface area contributed by atoms with E-state index in [1.807, 2.05) is 52.9 Å². The minimum atomic E-state index is -4.45. The van der Waals surface area contributed by atoms with Crippen LogP contribution in [0.2, 0.25) is 30.4 Å². The summed E-state index contributed by atoms with van der Waals surface area (Å²) in [6.07, 6.45) is -0.755. The van der Waals surface area contributed by atoms with Crippen LogP contribution in [0.25, 0.3) is 21.8 Å². The van der Waals surface area contributed by atoms with Gasteiger partial charge in [0.1, 0.15) is 33.8 Å². The van der Waals surface area contributed by atoms with E-state index in [0.29, 0.717) is 59.2 Å². The van der Waals surface area contributed by atoms with Gasteiger partial charge in [-0.2, -0.15) is 26.3 Å². The predicted molar refractivity (Wildman–Crippen MR) is 410 cm³/mol. The van der Waals surface area contributed by atoms with Crippen molar-refractivity contribution in [3.8, 4) is 0 Å². The number of rotatable bonds is 7. The van der Waals surface area contributed by atoms with Gasteiger partial charge in [-0.25, -0.2) is 14.4 Å². The lowest BCUT2D eigenvalue weighted by Gasteiger charge is -2.41. The van der Waals surface area contributed by atoms with E-state index in [2.05, 4.69) is 103 Å². The SMILES string of the molecule is C[C@H](N)Cc1cccc(C(F)(F)F)c1.C[C@H](N)Cn1ccc2cc(F)c(Cl)cc21.Clc1cccc(N2CCNCC2)c1.Clc1cncc(N2CCNCC2)n1.Cn1c2c(c3ccccc31)CCNCC2.FC(F)(F)c1ccc(N2CCNCC2)nc1Cl.O=C1Nc2cc(Cl)c(Cl)cc2N2CCNCC12. The Balaban J connectivity index is 0.000000141. The molecular formula is C73H86Cl6F7N17O. The molecule has 4 saturated heterocycles.